The van der Waals surface area contributed by atoms with E-state index in [1.54, 1.807) is 0 Å². The fourth-order valence-electron chi connectivity index (χ4n) is 1.58. The van der Waals surface area contributed by atoms with Gasteiger partial charge in [0.25, 0.3) is 0 Å². The molecule has 0 aliphatic heterocycles. The van der Waals surface area contributed by atoms with Crippen LogP contribution in [0.4, 0.5) is 0 Å². The zero-order valence-corrected chi connectivity index (χ0v) is 12.8. The molecular formula is C14H23BrN2. The highest BCUT2D eigenvalue weighted by molar-refractivity contribution is 9.10. The van der Waals surface area contributed by atoms with Gasteiger partial charge >= 0.3 is 0 Å². The van der Waals surface area contributed by atoms with E-state index in [1.807, 2.05) is 0 Å². The summed E-state index contributed by atoms with van der Waals surface area (Å²) in [5.74, 6) is 0. The van der Waals surface area contributed by atoms with E-state index >= 15 is 0 Å². The molecule has 3 heteroatoms. The van der Waals surface area contributed by atoms with Crippen LogP contribution in [-0.4, -0.2) is 18.6 Å². The Morgan fingerprint density at radius 1 is 1.18 bits per heavy atom. The van der Waals surface area contributed by atoms with Gasteiger partial charge in [0.05, 0.1) is 0 Å². The van der Waals surface area contributed by atoms with Crippen LogP contribution in [0.1, 0.15) is 31.9 Å². The molecule has 0 atom stereocenters. The van der Waals surface area contributed by atoms with Gasteiger partial charge in [-0.1, -0.05) is 28.1 Å². The first-order valence-electron chi connectivity index (χ1n) is 6.09. The first-order chi connectivity index (χ1) is 7.88. The van der Waals surface area contributed by atoms with Gasteiger partial charge in [-0.25, -0.2) is 0 Å². The normalized spacial score (nSPS) is 11.8. The van der Waals surface area contributed by atoms with Crippen molar-refractivity contribution in [3.8, 4) is 0 Å². The van der Waals surface area contributed by atoms with Crippen molar-refractivity contribution in [2.45, 2.75) is 39.8 Å². The molecule has 0 saturated heterocycles. The summed E-state index contributed by atoms with van der Waals surface area (Å²) in [5, 5.41) is 6.90. The van der Waals surface area contributed by atoms with Crippen molar-refractivity contribution < 1.29 is 0 Å². The Balaban J connectivity index is 2.25. The minimum atomic E-state index is 0.204. The van der Waals surface area contributed by atoms with Crippen LogP contribution in [0.15, 0.2) is 22.7 Å². The predicted molar refractivity (Wildman–Crippen MR) is 78.3 cm³/mol. The fourth-order valence-corrected chi connectivity index (χ4v) is 1.82. The summed E-state index contributed by atoms with van der Waals surface area (Å²) in [6, 6.07) is 6.48. The number of aryl methyl sites for hydroxylation is 1. The third-order valence-electron chi connectivity index (χ3n) is 2.51. The Morgan fingerprint density at radius 3 is 2.47 bits per heavy atom. The average Bonchev–Trinajstić information content (AvgIpc) is 2.21. The maximum Gasteiger partial charge on any atom is 0.0206 e. The molecule has 96 valence electrons. The molecule has 0 saturated carbocycles. The van der Waals surface area contributed by atoms with Gasteiger partial charge in [-0.15, -0.1) is 0 Å². The molecule has 0 aromatic heterocycles. The highest BCUT2D eigenvalue weighted by Gasteiger charge is 2.06. The van der Waals surface area contributed by atoms with Gasteiger partial charge < -0.3 is 10.6 Å². The molecule has 0 aliphatic carbocycles. The number of halogens is 1. The number of rotatable bonds is 5. The molecule has 1 aromatic carbocycles. The maximum atomic E-state index is 3.51. The smallest absolute Gasteiger partial charge is 0.0206 e. The lowest BCUT2D eigenvalue weighted by Gasteiger charge is -2.20. The van der Waals surface area contributed by atoms with Crippen LogP contribution in [0.3, 0.4) is 0 Å². The molecule has 1 aromatic rings. The van der Waals surface area contributed by atoms with Crippen LogP contribution >= 0.6 is 15.9 Å². The van der Waals surface area contributed by atoms with E-state index in [9.17, 15) is 0 Å². The molecule has 0 fully saturated rings. The van der Waals surface area contributed by atoms with Crippen LogP contribution in [0, 0.1) is 6.92 Å². The van der Waals surface area contributed by atoms with Gasteiger partial charge in [-0.2, -0.15) is 0 Å². The van der Waals surface area contributed by atoms with Crippen LogP contribution in [0.25, 0.3) is 0 Å². The third kappa shape index (κ3) is 6.20. The predicted octanol–water partition coefficient (Wildman–Crippen LogP) is 3.24. The molecule has 0 bridgehead atoms. The largest absolute Gasteiger partial charge is 0.311 e. The average molecular weight is 299 g/mol. The van der Waals surface area contributed by atoms with Crippen molar-refractivity contribution in [3.63, 3.8) is 0 Å². The summed E-state index contributed by atoms with van der Waals surface area (Å²) in [7, 11) is 0. The van der Waals surface area contributed by atoms with Gasteiger partial charge in [0.15, 0.2) is 0 Å². The fraction of sp³-hybridized carbons (Fsp3) is 0.571. The monoisotopic (exact) mass is 298 g/mol. The lowest BCUT2D eigenvalue weighted by atomic mass is 10.1. The minimum absolute atomic E-state index is 0.204. The lowest BCUT2D eigenvalue weighted by Crippen LogP contribution is -2.40. The molecule has 0 aliphatic rings. The topological polar surface area (TPSA) is 24.1 Å². The number of hydrogen-bond donors (Lipinski definition) is 2. The molecule has 0 radical (unpaired) electrons. The van der Waals surface area contributed by atoms with E-state index in [0.717, 1.165) is 19.6 Å². The van der Waals surface area contributed by atoms with Gasteiger partial charge in [-0.3, -0.25) is 0 Å². The Labute approximate surface area is 113 Å². The molecule has 17 heavy (non-hydrogen) atoms. The van der Waals surface area contributed by atoms with Gasteiger partial charge in [0.1, 0.15) is 0 Å². The summed E-state index contributed by atoms with van der Waals surface area (Å²) >= 11 is 3.51. The summed E-state index contributed by atoms with van der Waals surface area (Å²) in [5.41, 5.74) is 2.83. The van der Waals surface area contributed by atoms with E-state index in [4.69, 9.17) is 0 Å². The van der Waals surface area contributed by atoms with Crippen LogP contribution < -0.4 is 10.6 Å². The molecule has 0 spiro atoms. The number of benzene rings is 1. The van der Waals surface area contributed by atoms with E-state index in [-0.39, 0.29) is 5.54 Å². The lowest BCUT2D eigenvalue weighted by molar-refractivity contribution is 0.421. The van der Waals surface area contributed by atoms with Gasteiger partial charge in [0.2, 0.25) is 0 Å². The van der Waals surface area contributed by atoms with Crippen LogP contribution in [-0.2, 0) is 6.54 Å². The van der Waals surface area contributed by atoms with Crippen molar-refractivity contribution in [2.24, 2.45) is 0 Å². The summed E-state index contributed by atoms with van der Waals surface area (Å²) < 4.78 is 1.18. The maximum absolute atomic E-state index is 3.51. The zero-order chi connectivity index (χ0) is 12.9. The minimum Gasteiger partial charge on any atom is -0.311 e. The zero-order valence-electron chi connectivity index (χ0n) is 11.2. The summed E-state index contributed by atoms with van der Waals surface area (Å²) in [4.78, 5) is 0. The van der Waals surface area contributed by atoms with Crippen molar-refractivity contribution in [3.05, 3.63) is 33.8 Å². The second-order valence-electron chi connectivity index (χ2n) is 5.44. The van der Waals surface area contributed by atoms with E-state index in [2.05, 4.69) is 72.5 Å². The van der Waals surface area contributed by atoms with Crippen LogP contribution in [0.2, 0.25) is 0 Å². The molecule has 0 heterocycles. The van der Waals surface area contributed by atoms with Crippen molar-refractivity contribution in [2.75, 3.05) is 13.1 Å². The Bertz CT molecular complexity index is 356. The quantitative estimate of drug-likeness (QED) is 0.816. The molecule has 1 rings (SSSR count). The molecule has 0 unspecified atom stereocenters. The van der Waals surface area contributed by atoms with E-state index in [0.29, 0.717) is 0 Å². The SMILES string of the molecule is Cc1cc(CNCCNC(C)(C)C)ccc1Br. The van der Waals surface area contributed by atoms with Crippen molar-refractivity contribution >= 4 is 15.9 Å². The van der Waals surface area contributed by atoms with Gasteiger partial charge in [0, 0.05) is 29.6 Å². The molecular weight excluding hydrogens is 276 g/mol. The van der Waals surface area contributed by atoms with Crippen LogP contribution in [0.5, 0.6) is 0 Å². The number of nitrogens with one attached hydrogen (secondary N) is 2. The second-order valence-corrected chi connectivity index (χ2v) is 6.29. The van der Waals surface area contributed by atoms with E-state index in [1.165, 1.54) is 15.6 Å². The first-order valence-corrected chi connectivity index (χ1v) is 6.88. The molecule has 2 N–H and O–H groups in total. The first kappa shape index (κ1) is 14.7. The Kier molecular flexibility index (Phi) is 5.63. The number of hydrogen-bond acceptors (Lipinski definition) is 2. The standard InChI is InChI=1S/C14H23BrN2/c1-11-9-12(5-6-13(11)15)10-16-7-8-17-14(2,3)4/h5-6,9,16-17H,7-8,10H2,1-4H3. The third-order valence-corrected chi connectivity index (χ3v) is 3.40. The molecule has 2 nitrogen and oxygen atoms in total. The van der Waals surface area contributed by atoms with E-state index < -0.39 is 0 Å². The van der Waals surface area contributed by atoms with Crippen molar-refractivity contribution in [1.82, 2.24) is 10.6 Å². The Morgan fingerprint density at radius 2 is 1.88 bits per heavy atom. The van der Waals surface area contributed by atoms with Crippen molar-refractivity contribution in [1.29, 1.82) is 0 Å². The van der Waals surface area contributed by atoms with Gasteiger partial charge in [-0.05, 0) is 44.9 Å². The highest BCUT2D eigenvalue weighted by atomic mass is 79.9. The molecule has 0 amide bonds. The highest BCUT2D eigenvalue weighted by Crippen LogP contribution is 2.16. The summed E-state index contributed by atoms with van der Waals surface area (Å²) in [6.45, 7) is 11.6. The summed E-state index contributed by atoms with van der Waals surface area (Å²) in [6.07, 6.45) is 0. The second kappa shape index (κ2) is 6.53. The Hall–Kier alpha value is -0.380.